The van der Waals surface area contributed by atoms with E-state index in [1.807, 2.05) is 24.3 Å². The third-order valence-corrected chi connectivity index (χ3v) is 6.03. The maximum absolute atomic E-state index is 13.1. The van der Waals surface area contributed by atoms with Gasteiger partial charge in [-0.1, -0.05) is 35.9 Å². The number of nitrogens with zero attached hydrogens (tertiary/aromatic N) is 2. The van der Waals surface area contributed by atoms with Crippen molar-refractivity contribution < 1.29 is 19.1 Å². The Bertz CT molecular complexity index is 1020. The van der Waals surface area contributed by atoms with E-state index in [2.05, 4.69) is 5.32 Å². The fraction of sp³-hybridized carbons (Fsp3) is 0.348. The van der Waals surface area contributed by atoms with Crippen LogP contribution in [-0.4, -0.2) is 47.3 Å². The van der Waals surface area contributed by atoms with Crippen molar-refractivity contribution in [3.05, 3.63) is 64.7 Å². The predicted molar refractivity (Wildman–Crippen MR) is 116 cm³/mol. The zero-order chi connectivity index (χ0) is 22.2. The van der Waals surface area contributed by atoms with Crippen LogP contribution in [0.1, 0.15) is 30.9 Å². The van der Waals surface area contributed by atoms with Crippen molar-refractivity contribution in [2.75, 3.05) is 13.7 Å². The number of carbonyl (C=O) groups is 3. The quantitative estimate of drug-likeness (QED) is 0.668. The highest BCUT2D eigenvalue weighted by Crippen LogP contribution is 2.32. The number of imide groups is 1. The molecule has 0 spiro atoms. The molecule has 1 heterocycles. The molecule has 31 heavy (non-hydrogen) atoms. The van der Waals surface area contributed by atoms with E-state index in [9.17, 15) is 14.4 Å². The molecule has 1 aliphatic carbocycles. The molecule has 2 aromatic rings. The summed E-state index contributed by atoms with van der Waals surface area (Å²) >= 11 is 6.06. The molecule has 1 atom stereocenters. The highest BCUT2D eigenvalue weighted by atomic mass is 35.5. The van der Waals surface area contributed by atoms with E-state index < -0.39 is 17.5 Å². The van der Waals surface area contributed by atoms with Gasteiger partial charge >= 0.3 is 6.03 Å². The first-order chi connectivity index (χ1) is 14.8. The van der Waals surface area contributed by atoms with Crippen molar-refractivity contribution in [1.82, 2.24) is 15.1 Å². The lowest BCUT2D eigenvalue weighted by molar-refractivity contribution is -0.139. The zero-order valence-electron chi connectivity index (χ0n) is 17.4. The molecule has 2 fully saturated rings. The molecule has 1 N–H and O–H groups in total. The summed E-state index contributed by atoms with van der Waals surface area (Å²) in [5, 5.41) is 3.19. The predicted octanol–water partition coefficient (Wildman–Crippen LogP) is 3.31. The van der Waals surface area contributed by atoms with Crippen molar-refractivity contribution in [2.24, 2.45) is 0 Å². The maximum Gasteiger partial charge on any atom is 0.325 e. The summed E-state index contributed by atoms with van der Waals surface area (Å²) in [7, 11) is 1.60. The van der Waals surface area contributed by atoms with Gasteiger partial charge in [-0.15, -0.1) is 0 Å². The van der Waals surface area contributed by atoms with Gasteiger partial charge in [0.25, 0.3) is 5.91 Å². The second-order valence-electron chi connectivity index (χ2n) is 8.06. The average molecular weight is 442 g/mol. The topological polar surface area (TPSA) is 79.0 Å². The summed E-state index contributed by atoms with van der Waals surface area (Å²) in [6.45, 7) is 1.75. The average Bonchev–Trinajstić information content (AvgIpc) is 3.57. The van der Waals surface area contributed by atoms with Gasteiger partial charge in [0.1, 0.15) is 17.8 Å². The van der Waals surface area contributed by atoms with Gasteiger partial charge in [0, 0.05) is 17.6 Å². The number of amides is 4. The molecule has 2 aromatic carbocycles. The van der Waals surface area contributed by atoms with Gasteiger partial charge in [-0.25, -0.2) is 4.79 Å². The number of hydrogen-bond acceptors (Lipinski definition) is 4. The molecule has 0 bridgehead atoms. The Morgan fingerprint density at radius 1 is 1.23 bits per heavy atom. The SMILES string of the molecule is COc1ccc(CN(C(=O)CN2C(=O)NC(C)(c3cccc(Cl)c3)C2=O)C2CC2)cc1. The third kappa shape index (κ3) is 4.23. The van der Waals surface area contributed by atoms with Crippen LogP contribution in [0.2, 0.25) is 5.02 Å². The van der Waals surface area contributed by atoms with Crippen LogP contribution in [0.25, 0.3) is 0 Å². The van der Waals surface area contributed by atoms with E-state index in [1.54, 1.807) is 43.2 Å². The molecule has 8 heteroatoms. The summed E-state index contributed by atoms with van der Waals surface area (Å²) in [6, 6.07) is 13.9. The molecule has 7 nitrogen and oxygen atoms in total. The number of hydrogen-bond donors (Lipinski definition) is 1. The molecule has 4 rings (SSSR count). The van der Waals surface area contributed by atoms with Crippen molar-refractivity contribution >= 4 is 29.4 Å². The minimum Gasteiger partial charge on any atom is -0.497 e. The van der Waals surface area contributed by atoms with Crippen molar-refractivity contribution in [3.8, 4) is 5.75 Å². The minimum absolute atomic E-state index is 0.134. The fourth-order valence-corrected chi connectivity index (χ4v) is 3.99. The van der Waals surface area contributed by atoms with E-state index in [1.165, 1.54) is 0 Å². The Balaban J connectivity index is 1.49. The molecule has 1 unspecified atom stereocenters. The highest BCUT2D eigenvalue weighted by molar-refractivity contribution is 6.30. The molecular formula is C23H24ClN3O4. The lowest BCUT2D eigenvalue weighted by atomic mass is 9.92. The summed E-state index contributed by atoms with van der Waals surface area (Å²) in [5.41, 5.74) is 0.274. The lowest BCUT2D eigenvalue weighted by Gasteiger charge is -2.25. The van der Waals surface area contributed by atoms with E-state index >= 15 is 0 Å². The smallest absolute Gasteiger partial charge is 0.325 e. The fourth-order valence-electron chi connectivity index (χ4n) is 3.80. The van der Waals surface area contributed by atoms with Crippen molar-refractivity contribution in [2.45, 2.75) is 37.9 Å². The van der Waals surface area contributed by atoms with Crippen molar-refractivity contribution in [3.63, 3.8) is 0 Å². The lowest BCUT2D eigenvalue weighted by Crippen LogP contribution is -2.45. The van der Waals surface area contributed by atoms with Crippen LogP contribution in [0.15, 0.2) is 48.5 Å². The molecular weight excluding hydrogens is 418 g/mol. The van der Waals surface area contributed by atoms with Crippen LogP contribution in [0.4, 0.5) is 4.79 Å². The van der Waals surface area contributed by atoms with E-state index in [4.69, 9.17) is 16.3 Å². The van der Waals surface area contributed by atoms with Gasteiger partial charge in [0.05, 0.1) is 7.11 Å². The largest absolute Gasteiger partial charge is 0.497 e. The molecule has 1 saturated heterocycles. The molecule has 4 amide bonds. The zero-order valence-corrected chi connectivity index (χ0v) is 18.2. The number of nitrogens with one attached hydrogen (secondary N) is 1. The number of methoxy groups -OCH3 is 1. The molecule has 162 valence electrons. The second-order valence-corrected chi connectivity index (χ2v) is 8.49. The standard InChI is InChI=1S/C23H24ClN3O4/c1-23(16-4-3-5-17(24)12-16)21(29)27(22(30)25-23)14-20(28)26(18-8-9-18)13-15-6-10-19(31-2)11-7-15/h3-7,10-12,18H,8-9,13-14H2,1-2H3,(H,25,30). The van der Waals surface area contributed by atoms with Crippen LogP contribution in [-0.2, 0) is 21.7 Å². The molecule has 0 radical (unpaired) electrons. The van der Waals surface area contributed by atoms with Crippen molar-refractivity contribution in [1.29, 1.82) is 0 Å². The second kappa shape index (κ2) is 8.23. The number of urea groups is 1. The Kier molecular flexibility index (Phi) is 5.62. The number of benzene rings is 2. The highest BCUT2D eigenvalue weighted by Gasteiger charge is 2.50. The first kappa shape index (κ1) is 21.2. The van der Waals surface area contributed by atoms with Crippen LogP contribution in [0.3, 0.4) is 0 Å². The van der Waals surface area contributed by atoms with Gasteiger partial charge < -0.3 is 15.0 Å². The van der Waals surface area contributed by atoms with Crippen LogP contribution >= 0.6 is 11.6 Å². The van der Waals surface area contributed by atoms with Crippen LogP contribution in [0, 0.1) is 0 Å². The Labute approximate surface area is 185 Å². The Morgan fingerprint density at radius 2 is 1.94 bits per heavy atom. The van der Waals surface area contributed by atoms with Gasteiger partial charge in [0.15, 0.2) is 0 Å². The molecule has 1 saturated carbocycles. The Hall–Kier alpha value is -3.06. The Morgan fingerprint density at radius 3 is 2.55 bits per heavy atom. The summed E-state index contributed by atoms with van der Waals surface area (Å²) in [5.74, 6) is 0.0261. The van der Waals surface area contributed by atoms with Crippen LogP contribution < -0.4 is 10.1 Å². The summed E-state index contributed by atoms with van der Waals surface area (Å²) in [4.78, 5) is 41.6. The first-order valence-electron chi connectivity index (χ1n) is 10.1. The van der Waals surface area contributed by atoms with E-state index in [0.717, 1.165) is 29.1 Å². The number of ether oxygens (including phenoxy) is 1. The van der Waals surface area contributed by atoms with E-state index in [-0.39, 0.29) is 18.5 Å². The molecule has 2 aliphatic rings. The summed E-state index contributed by atoms with van der Waals surface area (Å²) in [6.07, 6.45) is 1.84. The number of carbonyl (C=O) groups excluding carboxylic acids is 3. The molecule has 1 aliphatic heterocycles. The van der Waals surface area contributed by atoms with E-state index in [0.29, 0.717) is 17.1 Å². The number of halogens is 1. The van der Waals surface area contributed by atoms with Gasteiger partial charge in [-0.2, -0.15) is 0 Å². The van der Waals surface area contributed by atoms with Gasteiger partial charge in [-0.05, 0) is 55.2 Å². The molecule has 0 aromatic heterocycles. The first-order valence-corrected chi connectivity index (χ1v) is 10.5. The maximum atomic E-state index is 13.1. The van der Waals surface area contributed by atoms with Gasteiger partial charge in [0.2, 0.25) is 5.91 Å². The minimum atomic E-state index is -1.26. The normalized spacial score (nSPS) is 20.5. The van der Waals surface area contributed by atoms with Gasteiger partial charge in [-0.3, -0.25) is 14.5 Å². The summed E-state index contributed by atoms with van der Waals surface area (Å²) < 4.78 is 5.18. The van der Waals surface area contributed by atoms with Crippen LogP contribution in [0.5, 0.6) is 5.75 Å². The monoisotopic (exact) mass is 441 g/mol. The third-order valence-electron chi connectivity index (χ3n) is 5.79. The number of rotatable bonds is 7.